The lowest BCUT2D eigenvalue weighted by molar-refractivity contribution is 0.112. The van der Waals surface area contributed by atoms with Gasteiger partial charge in [-0.1, -0.05) is 18.5 Å². The lowest BCUT2D eigenvalue weighted by Gasteiger charge is -2.10. The second-order valence-corrected chi connectivity index (χ2v) is 4.55. The molecule has 0 bridgehead atoms. The van der Waals surface area contributed by atoms with E-state index in [0.29, 0.717) is 10.6 Å². The fourth-order valence-corrected chi connectivity index (χ4v) is 2.54. The maximum Gasteiger partial charge on any atom is 0.153 e. The Bertz CT molecular complexity index is 561. The summed E-state index contributed by atoms with van der Waals surface area (Å²) in [5.41, 5.74) is 3.39. The van der Waals surface area contributed by atoms with Crippen molar-refractivity contribution in [1.29, 1.82) is 0 Å². The highest BCUT2D eigenvalue weighted by Crippen LogP contribution is 2.34. The standard InChI is InChI=1S/C14H15ClN2O/c1-3-8-17-10(2)12(9-18)13(15)14(17)11-4-6-16-7-5-11/h4-7,9H,3,8H2,1-2H3. The number of aromatic nitrogens is 2. The minimum absolute atomic E-state index is 0.530. The summed E-state index contributed by atoms with van der Waals surface area (Å²) < 4.78 is 2.10. The first-order valence-corrected chi connectivity index (χ1v) is 6.32. The molecule has 2 aromatic heterocycles. The molecule has 2 rings (SSSR count). The maximum atomic E-state index is 11.1. The summed E-state index contributed by atoms with van der Waals surface area (Å²) in [7, 11) is 0. The minimum Gasteiger partial charge on any atom is -0.343 e. The van der Waals surface area contributed by atoms with E-state index in [9.17, 15) is 4.79 Å². The number of hydrogen-bond acceptors (Lipinski definition) is 2. The van der Waals surface area contributed by atoms with Gasteiger partial charge in [-0.15, -0.1) is 0 Å². The zero-order valence-corrected chi connectivity index (χ0v) is 11.2. The minimum atomic E-state index is 0.530. The normalized spacial score (nSPS) is 10.6. The summed E-state index contributed by atoms with van der Waals surface area (Å²) in [5, 5.41) is 0.530. The SMILES string of the molecule is CCCn1c(C)c(C=O)c(Cl)c1-c1ccncc1. The molecule has 18 heavy (non-hydrogen) atoms. The van der Waals surface area contributed by atoms with Crippen LogP contribution < -0.4 is 0 Å². The topological polar surface area (TPSA) is 34.9 Å². The lowest BCUT2D eigenvalue weighted by Crippen LogP contribution is -2.02. The van der Waals surface area contributed by atoms with E-state index in [4.69, 9.17) is 11.6 Å². The third-order valence-electron chi connectivity index (χ3n) is 3.03. The lowest BCUT2D eigenvalue weighted by atomic mass is 10.2. The van der Waals surface area contributed by atoms with Gasteiger partial charge in [0.25, 0.3) is 0 Å². The maximum absolute atomic E-state index is 11.1. The van der Waals surface area contributed by atoms with E-state index >= 15 is 0 Å². The summed E-state index contributed by atoms with van der Waals surface area (Å²) in [6.07, 6.45) is 5.27. The van der Waals surface area contributed by atoms with Crippen molar-refractivity contribution in [3.63, 3.8) is 0 Å². The number of rotatable bonds is 4. The van der Waals surface area contributed by atoms with E-state index in [-0.39, 0.29) is 0 Å². The van der Waals surface area contributed by atoms with Crippen LogP contribution in [0.3, 0.4) is 0 Å². The molecule has 0 aromatic carbocycles. The first kappa shape index (κ1) is 12.8. The zero-order chi connectivity index (χ0) is 13.1. The highest BCUT2D eigenvalue weighted by Gasteiger charge is 2.19. The fourth-order valence-electron chi connectivity index (χ4n) is 2.15. The van der Waals surface area contributed by atoms with Crippen molar-refractivity contribution in [2.75, 3.05) is 0 Å². The van der Waals surface area contributed by atoms with Gasteiger partial charge in [-0.3, -0.25) is 9.78 Å². The molecule has 2 aromatic rings. The molecule has 94 valence electrons. The van der Waals surface area contributed by atoms with Gasteiger partial charge >= 0.3 is 0 Å². The molecule has 0 aliphatic carbocycles. The van der Waals surface area contributed by atoms with Crippen molar-refractivity contribution in [3.8, 4) is 11.3 Å². The summed E-state index contributed by atoms with van der Waals surface area (Å²) in [5.74, 6) is 0. The number of pyridine rings is 1. The predicted molar refractivity (Wildman–Crippen MR) is 73.1 cm³/mol. The van der Waals surface area contributed by atoms with Gasteiger partial charge in [0.2, 0.25) is 0 Å². The Labute approximate surface area is 111 Å². The second kappa shape index (κ2) is 5.36. The van der Waals surface area contributed by atoms with Crippen LogP contribution in [-0.4, -0.2) is 15.8 Å². The average molecular weight is 263 g/mol. The molecule has 0 saturated heterocycles. The fraction of sp³-hybridized carbons (Fsp3) is 0.286. The van der Waals surface area contributed by atoms with Gasteiger partial charge in [0.1, 0.15) is 0 Å². The Balaban J connectivity index is 2.69. The molecular formula is C14H15ClN2O. The van der Waals surface area contributed by atoms with Crippen molar-refractivity contribution < 1.29 is 4.79 Å². The number of nitrogens with zero attached hydrogens (tertiary/aromatic N) is 2. The van der Waals surface area contributed by atoms with Crippen LogP contribution in [0.25, 0.3) is 11.3 Å². The molecule has 0 radical (unpaired) electrons. The summed E-state index contributed by atoms with van der Waals surface area (Å²) in [6.45, 7) is 4.87. The van der Waals surface area contributed by atoms with Gasteiger partial charge in [0.05, 0.1) is 16.3 Å². The van der Waals surface area contributed by atoms with Crippen LogP contribution in [0.4, 0.5) is 0 Å². The number of hydrogen-bond donors (Lipinski definition) is 0. The largest absolute Gasteiger partial charge is 0.343 e. The molecule has 4 heteroatoms. The zero-order valence-electron chi connectivity index (χ0n) is 10.5. The van der Waals surface area contributed by atoms with Gasteiger partial charge in [-0.2, -0.15) is 0 Å². The quantitative estimate of drug-likeness (QED) is 0.787. The van der Waals surface area contributed by atoms with E-state index in [0.717, 1.165) is 36.2 Å². The smallest absolute Gasteiger partial charge is 0.153 e. The van der Waals surface area contributed by atoms with Crippen LogP contribution in [-0.2, 0) is 6.54 Å². The van der Waals surface area contributed by atoms with Crippen LogP contribution in [0.1, 0.15) is 29.4 Å². The van der Waals surface area contributed by atoms with Crippen LogP contribution in [0.2, 0.25) is 5.02 Å². The number of carbonyl (C=O) groups excluding carboxylic acids is 1. The van der Waals surface area contributed by atoms with Crippen molar-refractivity contribution in [2.24, 2.45) is 0 Å². The number of aldehydes is 1. The first-order chi connectivity index (χ1) is 8.70. The van der Waals surface area contributed by atoms with Crippen molar-refractivity contribution >= 4 is 17.9 Å². The molecule has 0 unspecified atom stereocenters. The number of carbonyl (C=O) groups is 1. The van der Waals surface area contributed by atoms with E-state index in [1.165, 1.54) is 0 Å². The van der Waals surface area contributed by atoms with Gasteiger partial charge < -0.3 is 4.57 Å². The summed E-state index contributed by atoms with van der Waals surface area (Å²) in [4.78, 5) is 15.1. The highest BCUT2D eigenvalue weighted by atomic mass is 35.5. The Morgan fingerprint density at radius 2 is 2.06 bits per heavy atom. The summed E-state index contributed by atoms with van der Waals surface area (Å²) in [6, 6.07) is 3.81. The van der Waals surface area contributed by atoms with E-state index in [1.807, 2.05) is 19.1 Å². The summed E-state index contributed by atoms with van der Waals surface area (Å²) >= 11 is 6.33. The molecule has 0 aliphatic heterocycles. The van der Waals surface area contributed by atoms with Crippen LogP contribution in [0.15, 0.2) is 24.5 Å². The third kappa shape index (κ3) is 2.06. The molecule has 0 amide bonds. The Morgan fingerprint density at radius 1 is 1.39 bits per heavy atom. The van der Waals surface area contributed by atoms with Crippen molar-refractivity contribution in [2.45, 2.75) is 26.8 Å². The highest BCUT2D eigenvalue weighted by molar-refractivity contribution is 6.35. The first-order valence-electron chi connectivity index (χ1n) is 5.94. The van der Waals surface area contributed by atoms with Crippen molar-refractivity contribution in [3.05, 3.63) is 40.8 Å². The van der Waals surface area contributed by atoms with Gasteiger partial charge in [0, 0.05) is 30.2 Å². The van der Waals surface area contributed by atoms with E-state index in [2.05, 4.69) is 16.5 Å². The van der Waals surface area contributed by atoms with Gasteiger partial charge in [-0.05, 0) is 25.5 Å². The Kier molecular flexibility index (Phi) is 3.82. The molecule has 0 atom stereocenters. The predicted octanol–water partition coefficient (Wildman–Crippen LogP) is 3.73. The number of halogens is 1. The molecule has 0 fully saturated rings. The Morgan fingerprint density at radius 3 is 2.61 bits per heavy atom. The van der Waals surface area contributed by atoms with E-state index in [1.54, 1.807) is 12.4 Å². The molecule has 0 spiro atoms. The van der Waals surface area contributed by atoms with Gasteiger partial charge in [0.15, 0.2) is 6.29 Å². The van der Waals surface area contributed by atoms with Crippen LogP contribution in [0.5, 0.6) is 0 Å². The van der Waals surface area contributed by atoms with Crippen molar-refractivity contribution in [1.82, 2.24) is 9.55 Å². The monoisotopic (exact) mass is 262 g/mol. The molecular weight excluding hydrogens is 248 g/mol. The molecule has 0 aliphatic rings. The second-order valence-electron chi connectivity index (χ2n) is 4.17. The molecule has 2 heterocycles. The average Bonchev–Trinajstić information content (AvgIpc) is 2.62. The Hall–Kier alpha value is -1.61. The molecule has 3 nitrogen and oxygen atoms in total. The molecule has 0 N–H and O–H groups in total. The van der Waals surface area contributed by atoms with Crippen LogP contribution in [0, 0.1) is 6.92 Å². The van der Waals surface area contributed by atoms with E-state index < -0.39 is 0 Å². The third-order valence-corrected chi connectivity index (χ3v) is 3.41. The molecule has 0 saturated carbocycles. The van der Waals surface area contributed by atoms with Crippen LogP contribution >= 0.6 is 11.6 Å². The van der Waals surface area contributed by atoms with Gasteiger partial charge in [-0.25, -0.2) is 0 Å².